The summed E-state index contributed by atoms with van der Waals surface area (Å²) in [5.41, 5.74) is 3.06. The third-order valence-corrected chi connectivity index (χ3v) is 5.73. The molecule has 1 aromatic carbocycles. The van der Waals surface area contributed by atoms with Gasteiger partial charge in [0.05, 0.1) is 0 Å². The Morgan fingerprint density at radius 3 is 2.73 bits per heavy atom. The molecule has 4 nitrogen and oxygen atoms in total. The molecule has 0 amide bonds. The molecule has 0 aliphatic heterocycles. The summed E-state index contributed by atoms with van der Waals surface area (Å²) in [4.78, 5) is 0. The molecule has 0 spiro atoms. The van der Waals surface area contributed by atoms with Gasteiger partial charge in [0.25, 0.3) is 0 Å². The fourth-order valence-corrected chi connectivity index (χ4v) is 4.60. The van der Waals surface area contributed by atoms with Crippen LogP contribution in [0.25, 0.3) is 26.9 Å². The molecule has 0 aliphatic carbocycles. The Morgan fingerprint density at radius 2 is 2.00 bits per heavy atom. The first-order chi connectivity index (χ1) is 10.8. The molecule has 0 bridgehead atoms. The zero-order valence-corrected chi connectivity index (χ0v) is 13.7. The number of para-hydroxylation sites is 1. The van der Waals surface area contributed by atoms with Crippen molar-refractivity contribution < 1.29 is 9.52 Å². The zero-order chi connectivity index (χ0) is 15.1. The molecule has 3 heterocycles. The Hall–Kier alpha value is -2.07. The first kappa shape index (κ1) is 13.6. The number of hydrogen-bond donors (Lipinski definition) is 1. The minimum absolute atomic E-state index is 0.0932. The number of aliphatic hydroxyl groups excluding tert-OH is 1. The van der Waals surface area contributed by atoms with E-state index in [1.807, 2.05) is 41.1 Å². The second-order valence-corrected chi connectivity index (χ2v) is 7.73. The van der Waals surface area contributed by atoms with E-state index in [2.05, 4.69) is 13.0 Å². The topological polar surface area (TPSA) is 51.2 Å². The maximum absolute atomic E-state index is 9.19. The second-order valence-electron chi connectivity index (χ2n) is 5.09. The SMILES string of the molecule is Cc1cc2c([se]1)c(-c1ccc(CO)o1)nn2-c1ccccc1. The van der Waals surface area contributed by atoms with Gasteiger partial charge in [-0.15, -0.1) is 0 Å². The summed E-state index contributed by atoms with van der Waals surface area (Å²) in [6.07, 6.45) is 0. The fraction of sp³-hybridized carbons (Fsp3) is 0.118. The average molecular weight is 357 g/mol. The summed E-state index contributed by atoms with van der Waals surface area (Å²) in [6, 6.07) is 16.0. The first-order valence-corrected chi connectivity index (χ1v) is 8.72. The molecule has 0 saturated heterocycles. The van der Waals surface area contributed by atoms with Crippen LogP contribution in [0.3, 0.4) is 0 Å². The van der Waals surface area contributed by atoms with Crippen molar-refractivity contribution in [3.8, 4) is 17.1 Å². The van der Waals surface area contributed by atoms with Crippen LogP contribution in [0.5, 0.6) is 0 Å². The molecule has 4 rings (SSSR count). The molecule has 0 aliphatic rings. The van der Waals surface area contributed by atoms with E-state index in [0.717, 1.165) is 22.7 Å². The van der Waals surface area contributed by atoms with Gasteiger partial charge in [-0.05, 0) is 0 Å². The summed E-state index contributed by atoms with van der Waals surface area (Å²) in [7, 11) is 0. The maximum atomic E-state index is 9.19. The molecule has 0 saturated carbocycles. The molecule has 0 atom stereocenters. The van der Waals surface area contributed by atoms with Gasteiger partial charge in [0, 0.05) is 0 Å². The summed E-state index contributed by atoms with van der Waals surface area (Å²) >= 11 is 0.268. The van der Waals surface area contributed by atoms with Gasteiger partial charge < -0.3 is 0 Å². The van der Waals surface area contributed by atoms with Crippen molar-refractivity contribution in [1.29, 1.82) is 0 Å². The van der Waals surface area contributed by atoms with Crippen LogP contribution >= 0.6 is 0 Å². The van der Waals surface area contributed by atoms with Crippen LogP contribution in [-0.2, 0) is 6.61 Å². The Balaban J connectivity index is 1.96. The summed E-state index contributed by atoms with van der Waals surface area (Å²) < 4.78 is 10.3. The van der Waals surface area contributed by atoms with Gasteiger partial charge in [0.2, 0.25) is 0 Å². The molecular weight excluding hydrogens is 343 g/mol. The average Bonchev–Trinajstić information content (AvgIpc) is 3.22. The van der Waals surface area contributed by atoms with Crippen LogP contribution in [0.2, 0.25) is 0 Å². The van der Waals surface area contributed by atoms with E-state index in [-0.39, 0.29) is 21.1 Å². The van der Waals surface area contributed by atoms with Gasteiger partial charge in [-0.2, -0.15) is 0 Å². The van der Waals surface area contributed by atoms with Gasteiger partial charge in [0.1, 0.15) is 0 Å². The molecule has 4 aromatic rings. The van der Waals surface area contributed by atoms with Crippen molar-refractivity contribution in [2.45, 2.75) is 13.5 Å². The Morgan fingerprint density at radius 1 is 1.18 bits per heavy atom. The van der Waals surface area contributed by atoms with Crippen LogP contribution in [0.1, 0.15) is 10.2 Å². The monoisotopic (exact) mass is 358 g/mol. The summed E-state index contributed by atoms with van der Waals surface area (Å²) in [6.45, 7) is 2.06. The number of aryl methyl sites for hydroxylation is 1. The van der Waals surface area contributed by atoms with Gasteiger partial charge in [-0.25, -0.2) is 0 Å². The molecule has 22 heavy (non-hydrogen) atoms. The van der Waals surface area contributed by atoms with Crippen molar-refractivity contribution in [2.24, 2.45) is 0 Å². The second kappa shape index (κ2) is 5.29. The van der Waals surface area contributed by atoms with E-state index in [1.54, 1.807) is 6.07 Å². The number of fused-ring (bicyclic) bond motifs is 1. The van der Waals surface area contributed by atoms with Gasteiger partial charge in [-0.1, -0.05) is 0 Å². The van der Waals surface area contributed by atoms with E-state index in [4.69, 9.17) is 9.52 Å². The molecule has 1 N–H and O–H groups in total. The Labute approximate surface area is 133 Å². The van der Waals surface area contributed by atoms with Crippen molar-refractivity contribution in [2.75, 3.05) is 0 Å². The normalized spacial score (nSPS) is 11.4. The van der Waals surface area contributed by atoms with Crippen LogP contribution in [-0.4, -0.2) is 29.4 Å². The number of aromatic nitrogens is 2. The Bertz CT molecular complexity index is 934. The van der Waals surface area contributed by atoms with Crippen molar-refractivity contribution >= 4 is 24.3 Å². The molecule has 0 fully saturated rings. The van der Waals surface area contributed by atoms with Gasteiger partial charge in [0.15, 0.2) is 0 Å². The third kappa shape index (κ3) is 2.15. The number of rotatable bonds is 3. The zero-order valence-electron chi connectivity index (χ0n) is 12.0. The number of furan rings is 1. The standard InChI is InChI=1S/C17H14N2O2Se/c1-11-9-14-17(22-11)16(15-8-7-13(10-20)21-15)18-19(14)12-5-3-2-4-6-12/h2-9,20H,10H2,1H3. The molecule has 3 aromatic heterocycles. The fourth-order valence-electron chi connectivity index (χ4n) is 2.54. The number of aliphatic hydroxyl groups is 1. The molecule has 0 radical (unpaired) electrons. The summed E-state index contributed by atoms with van der Waals surface area (Å²) in [5, 5.41) is 14.0. The van der Waals surface area contributed by atoms with Crippen molar-refractivity contribution in [3.63, 3.8) is 0 Å². The van der Waals surface area contributed by atoms with E-state index in [1.165, 1.54) is 8.70 Å². The molecular formula is C17H14N2O2Se. The van der Waals surface area contributed by atoms with Crippen LogP contribution < -0.4 is 0 Å². The molecule has 5 heteroatoms. The quantitative estimate of drug-likeness (QED) is 0.573. The van der Waals surface area contributed by atoms with Gasteiger partial charge >= 0.3 is 133 Å². The van der Waals surface area contributed by atoms with Crippen LogP contribution in [0, 0.1) is 6.92 Å². The van der Waals surface area contributed by atoms with Crippen molar-refractivity contribution in [1.82, 2.24) is 9.78 Å². The Kier molecular flexibility index (Phi) is 3.26. The van der Waals surface area contributed by atoms with Crippen molar-refractivity contribution in [3.05, 3.63) is 58.7 Å². The number of nitrogens with zero attached hydrogens (tertiary/aromatic N) is 2. The first-order valence-electron chi connectivity index (χ1n) is 7.01. The van der Waals surface area contributed by atoms with Crippen LogP contribution in [0.4, 0.5) is 0 Å². The van der Waals surface area contributed by atoms with Crippen LogP contribution in [0.15, 0.2) is 52.9 Å². The predicted molar refractivity (Wildman–Crippen MR) is 86.4 cm³/mol. The third-order valence-electron chi connectivity index (χ3n) is 3.53. The van der Waals surface area contributed by atoms with E-state index < -0.39 is 0 Å². The minimum atomic E-state index is -0.0932. The molecule has 110 valence electrons. The predicted octanol–water partition coefficient (Wildman–Crippen LogP) is 3.14. The summed E-state index contributed by atoms with van der Waals surface area (Å²) in [5.74, 6) is 1.29. The van der Waals surface area contributed by atoms with E-state index >= 15 is 0 Å². The van der Waals surface area contributed by atoms with E-state index in [0.29, 0.717) is 5.76 Å². The van der Waals surface area contributed by atoms with Gasteiger partial charge in [-0.3, -0.25) is 0 Å². The van der Waals surface area contributed by atoms with E-state index in [9.17, 15) is 5.11 Å². The molecule has 0 unspecified atom stereocenters. The number of hydrogen-bond acceptors (Lipinski definition) is 3. The number of benzene rings is 1.